The Balaban J connectivity index is 1.86. The van der Waals surface area contributed by atoms with Gasteiger partial charge in [-0.15, -0.1) is 11.3 Å². The van der Waals surface area contributed by atoms with Crippen molar-refractivity contribution in [3.8, 4) is 5.88 Å². The largest absolute Gasteiger partial charge is 0.493 e. The lowest BCUT2D eigenvalue weighted by atomic mass is 10.1. The van der Waals surface area contributed by atoms with Crippen LogP contribution in [0.5, 0.6) is 5.88 Å². The van der Waals surface area contributed by atoms with Crippen LogP contribution in [0, 0.1) is 3.95 Å². The van der Waals surface area contributed by atoms with E-state index in [1.807, 2.05) is 12.1 Å². The molecule has 0 atom stereocenters. The fraction of sp³-hybridized carbons (Fsp3) is 0.0556. The second-order valence-corrected chi connectivity index (χ2v) is 8.20. The van der Waals surface area contributed by atoms with Gasteiger partial charge in [-0.1, -0.05) is 35.3 Å². The first-order valence-electron chi connectivity index (χ1n) is 7.54. The smallest absolute Gasteiger partial charge is 0.279 e. The zero-order valence-electron chi connectivity index (χ0n) is 13.1. The first kappa shape index (κ1) is 17.4. The lowest BCUT2D eigenvalue weighted by molar-refractivity contribution is -0.112. The van der Waals surface area contributed by atoms with E-state index in [-0.39, 0.29) is 5.88 Å². The van der Waals surface area contributed by atoms with E-state index in [9.17, 15) is 9.90 Å². The topological polar surface area (TPSA) is 54.6 Å². The van der Waals surface area contributed by atoms with E-state index >= 15 is 0 Å². The molecule has 1 amide bonds. The van der Waals surface area contributed by atoms with E-state index in [1.54, 1.807) is 34.9 Å². The second-order valence-electron chi connectivity index (χ2n) is 5.69. The highest BCUT2D eigenvalue weighted by molar-refractivity contribution is 7.73. The maximum Gasteiger partial charge on any atom is 0.279 e. The highest BCUT2D eigenvalue weighted by Crippen LogP contribution is 2.33. The van der Waals surface area contributed by atoms with E-state index in [0.29, 0.717) is 41.6 Å². The van der Waals surface area contributed by atoms with Crippen LogP contribution in [0.25, 0.3) is 5.57 Å². The molecule has 0 aliphatic carbocycles. The number of fused-ring (bicyclic) bond motifs is 1. The van der Waals surface area contributed by atoms with E-state index in [0.717, 1.165) is 5.56 Å². The van der Waals surface area contributed by atoms with Crippen molar-refractivity contribution in [3.05, 3.63) is 77.5 Å². The number of aromatic hydroxyl groups is 1. The molecule has 2 heterocycles. The summed E-state index contributed by atoms with van der Waals surface area (Å²) in [6.07, 6.45) is 0. The average Bonchev–Trinajstić information content (AvgIpc) is 3.06. The summed E-state index contributed by atoms with van der Waals surface area (Å²) >= 11 is 18.5. The van der Waals surface area contributed by atoms with Crippen LogP contribution >= 0.6 is 46.8 Å². The highest BCUT2D eigenvalue weighted by atomic mass is 35.5. The first-order chi connectivity index (χ1) is 12.4. The van der Waals surface area contributed by atoms with Crippen LogP contribution < -0.4 is 10.6 Å². The summed E-state index contributed by atoms with van der Waals surface area (Å²) in [6.45, 7) is 0.374. The van der Waals surface area contributed by atoms with Crippen molar-refractivity contribution in [2.45, 2.75) is 6.54 Å². The van der Waals surface area contributed by atoms with Crippen molar-refractivity contribution in [3.63, 3.8) is 0 Å². The van der Waals surface area contributed by atoms with E-state index in [4.69, 9.17) is 35.4 Å². The predicted octanol–water partition coefficient (Wildman–Crippen LogP) is 3.70. The number of benzene rings is 2. The minimum atomic E-state index is -0.410. The summed E-state index contributed by atoms with van der Waals surface area (Å²) < 4.78 is 2.05. The van der Waals surface area contributed by atoms with Gasteiger partial charge in [-0.2, -0.15) is 0 Å². The normalized spacial score (nSPS) is 13.0. The van der Waals surface area contributed by atoms with Gasteiger partial charge >= 0.3 is 0 Å². The SMILES string of the molecule is O=C1N=c2ccc(Cl)cc2=C1c1sc(=S)n(Cc2ccc(Cl)cc2)c1O. The van der Waals surface area contributed by atoms with E-state index < -0.39 is 5.91 Å². The molecular formula is C18H10Cl2N2O2S2. The number of carbonyl (C=O) groups excluding carboxylic acids is 1. The third-order valence-corrected chi connectivity index (χ3v) is 5.96. The molecule has 26 heavy (non-hydrogen) atoms. The van der Waals surface area contributed by atoms with E-state index in [1.165, 1.54) is 11.3 Å². The molecule has 0 fully saturated rings. The van der Waals surface area contributed by atoms with Gasteiger partial charge in [-0.05, 0) is 48.1 Å². The second kappa shape index (κ2) is 6.63. The molecular weight excluding hydrogens is 411 g/mol. The van der Waals surface area contributed by atoms with Crippen LogP contribution in [0.3, 0.4) is 0 Å². The average molecular weight is 421 g/mol. The van der Waals surface area contributed by atoms with Crippen molar-refractivity contribution in [1.29, 1.82) is 0 Å². The number of aromatic nitrogens is 1. The summed E-state index contributed by atoms with van der Waals surface area (Å²) in [5, 5.41) is 13.0. The molecule has 1 aliphatic rings. The molecule has 3 aromatic rings. The molecule has 2 aromatic carbocycles. The molecule has 4 nitrogen and oxygen atoms in total. The van der Waals surface area contributed by atoms with E-state index in [2.05, 4.69) is 4.99 Å². The number of thiazole rings is 1. The maximum atomic E-state index is 12.4. The summed E-state index contributed by atoms with van der Waals surface area (Å²) in [6, 6.07) is 12.3. The molecule has 130 valence electrons. The van der Waals surface area contributed by atoms with Crippen LogP contribution in [-0.4, -0.2) is 15.6 Å². The molecule has 0 spiro atoms. The zero-order valence-corrected chi connectivity index (χ0v) is 16.2. The molecule has 1 aliphatic heterocycles. The number of halogens is 2. The quantitative estimate of drug-likeness (QED) is 0.657. The van der Waals surface area contributed by atoms with Crippen LogP contribution in [0.2, 0.25) is 10.0 Å². The van der Waals surface area contributed by atoms with Crippen molar-refractivity contribution in [2.24, 2.45) is 4.99 Å². The number of rotatable bonds is 3. The summed E-state index contributed by atoms with van der Waals surface area (Å²) in [5.74, 6) is -0.464. The lowest BCUT2D eigenvalue weighted by Gasteiger charge is -2.06. The lowest BCUT2D eigenvalue weighted by Crippen LogP contribution is -2.22. The third kappa shape index (κ3) is 2.99. The summed E-state index contributed by atoms with van der Waals surface area (Å²) in [5.41, 5.74) is 1.26. The van der Waals surface area contributed by atoms with Gasteiger partial charge in [0, 0.05) is 15.3 Å². The third-order valence-electron chi connectivity index (χ3n) is 4.01. The molecule has 0 saturated heterocycles. The maximum absolute atomic E-state index is 12.4. The number of hydrogen-bond acceptors (Lipinski definition) is 4. The number of hydrogen-bond donors (Lipinski definition) is 1. The fourth-order valence-electron chi connectivity index (χ4n) is 2.78. The Kier molecular flexibility index (Phi) is 4.44. The van der Waals surface area contributed by atoms with Crippen molar-refractivity contribution in [1.82, 2.24) is 4.57 Å². The molecule has 1 aromatic heterocycles. The predicted molar refractivity (Wildman–Crippen MR) is 105 cm³/mol. The first-order valence-corrected chi connectivity index (χ1v) is 9.52. The summed E-state index contributed by atoms with van der Waals surface area (Å²) in [4.78, 5) is 16.8. The molecule has 0 radical (unpaired) electrons. The minimum Gasteiger partial charge on any atom is -0.493 e. The summed E-state index contributed by atoms with van der Waals surface area (Å²) in [7, 11) is 0. The Morgan fingerprint density at radius 2 is 1.81 bits per heavy atom. The van der Waals surface area contributed by atoms with Crippen LogP contribution in [-0.2, 0) is 11.3 Å². The molecule has 0 unspecified atom stereocenters. The zero-order chi connectivity index (χ0) is 18.4. The van der Waals surface area contributed by atoms with Gasteiger partial charge in [0.2, 0.25) is 5.88 Å². The van der Waals surface area contributed by atoms with Crippen LogP contribution in [0.15, 0.2) is 47.5 Å². The van der Waals surface area contributed by atoms with Gasteiger partial charge in [0.15, 0.2) is 3.95 Å². The Hall–Kier alpha value is -1.99. The Bertz CT molecular complexity index is 1230. The van der Waals surface area contributed by atoms with Gasteiger partial charge in [-0.25, -0.2) is 4.99 Å². The molecule has 0 bridgehead atoms. The molecule has 4 rings (SSSR count). The number of amides is 1. The van der Waals surface area contributed by atoms with Gasteiger partial charge in [0.25, 0.3) is 5.91 Å². The van der Waals surface area contributed by atoms with Crippen molar-refractivity contribution >= 4 is 58.2 Å². The Morgan fingerprint density at radius 1 is 1.12 bits per heavy atom. The van der Waals surface area contributed by atoms with Crippen LogP contribution in [0.4, 0.5) is 0 Å². The van der Waals surface area contributed by atoms with Crippen molar-refractivity contribution in [2.75, 3.05) is 0 Å². The van der Waals surface area contributed by atoms with Crippen LogP contribution in [0.1, 0.15) is 10.4 Å². The van der Waals surface area contributed by atoms with Gasteiger partial charge in [0.05, 0.1) is 17.5 Å². The standard InChI is InChI=1S/C18H10Cl2N2O2S2/c19-10-3-1-9(2-4-10)8-22-17(24)15(26-18(22)25)14-12-7-11(20)5-6-13(12)21-16(14)23/h1-7,24H,8H2. The van der Waals surface area contributed by atoms with Gasteiger partial charge in [-0.3, -0.25) is 9.36 Å². The molecule has 0 saturated carbocycles. The van der Waals surface area contributed by atoms with Crippen molar-refractivity contribution < 1.29 is 9.90 Å². The Morgan fingerprint density at radius 3 is 2.54 bits per heavy atom. The highest BCUT2D eigenvalue weighted by Gasteiger charge is 2.25. The molecule has 8 heteroatoms. The van der Waals surface area contributed by atoms with Gasteiger partial charge < -0.3 is 5.11 Å². The number of carbonyl (C=O) groups is 1. The molecule has 1 N–H and O–H groups in total. The minimum absolute atomic E-state index is 0.0543. The monoisotopic (exact) mass is 420 g/mol. The fourth-order valence-corrected chi connectivity index (χ4v) is 4.41. The van der Waals surface area contributed by atoms with Gasteiger partial charge in [0.1, 0.15) is 4.88 Å². The number of nitrogens with zero attached hydrogens (tertiary/aromatic N) is 2. The Labute approximate surface area is 167 Å².